The first-order valence-corrected chi connectivity index (χ1v) is 10.5. The van der Waals surface area contributed by atoms with E-state index >= 15 is 0 Å². The molecule has 0 bridgehead atoms. The van der Waals surface area contributed by atoms with Crippen LogP contribution in [0.25, 0.3) is 0 Å². The molecule has 1 aliphatic rings. The molecule has 1 aromatic heterocycles. The maximum Gasteiger partial charge on any atom is 0.253 e. The molecular formula is C19H23N5O3S. The van der Waals surface area contributed by atoms with E-state index in [2.05, 4.69) is 5.10 Å². The Bertz CT molecular complexity index is 1050. The SMILES string of the molecule is Cc1nn(C)c(C)c1S(=O)(=O)N1CCCN(C(=O)c2cccc(C#N)c2)CC1. The van der Waals surface area contributed by atoms with Crippen LogP contribution < -0.4 is 0 Å². The zero-order valence-electron chi connectivity index (χ0n) is 16.2. The molecule has 0 radical (unpaired) electrons. The van der Waals surface area contributed by atoms with Gasteiger partial charge in [-0.3, -0.25) is 9.48 Å². The first-order chi connectivity index (χ1) is 13.3. The second kappa shape index (κ2) is 7.73. The number of rotatable bonds is 3. The van der Waals surface area contributed by atoms with Crippen LogP contribution in [0.3, 0.4) is 0 Å². The van der Waals surface area contributed by atoms with Crippen LogP contribution in [-0.2, 0) is 17.1 Å². The highest BCUT2D eigenvalue weighted by Gasteiger charge is 2.32. The fourth-order valence-corrected chi connectivity index (χ4v) is 5.37. The highest BCUT2D eigenvalue weighted by atomic mass is 32.2. The second-order valence-corrected chi connectivity index (χ2v) is 8.74. The lowest BCUT2D eigenvalue weighted by molar-refractivity contribution is 0.0764. The molecule has 0 atom stereocenters. The van der Waals surface area contributed by atoms with Gasteiger partial charge in [0.2, 0.25) is 10.0 Å². The molecule has 0 N–H and O–H groups in total. The molecule has 3 rings (SSSR count). The molecule has 0 saturated carbocycles. The average molecular weight is 401 g/mol. The van der Waals surface area contributed by atoms with Gasteiger partial charge in [0.15, 0.2) is 0 Å². The minimum atomic E-state index is -3.68. The summed E-state index contributed by atoms with van der Waals surface area (Å²) in [5.74, 6) is -0.190. The van der Waals surface area contributed by atoms with Gasteiger partial charge in [-0.05, 0) is 38.5 Å². The van der Waals surface area contributed by atoms with Gasteiger partial charge in [0.25, 0.3) is 5.91 Å². The number of benzene rings is 1. The van der Waals surface area contributed by atoms with Crippen LogP contribution in [0.5, 0.6) is 0 Å². The Morgan fingerprint density at radius 1 is 1.18 bits per heavy atom. The molecule has 2 heterocycles. The van der Waals surface area contributed by atoms with E-state index in [1.807, 2.05) is 6.07 Å². The topological polar surface area (TPSA) is 99.3 Å². The number of nitrogens with zero attached hydrogens (tertiary/aromatic N) is 5. The van der Waals surface area contributed by atoms with Gasteiger partial charge in [-0.25, -0.2) is 8.42 Å². The molecule has 0 aliphatic carbocycles. The van der Waals surface area contributed by atoms with E-state index in [0.29, 0.717) is 48.6 Å². The maximum atomic E-state index is 13.2. The van der Waals surface area contributed by atoms with Crippen LogP contribution >= 0.6 is 0 Å². The molecule has 1 aromatic carbocycles. The first kappa shape index (κ1) is 20.0. The minimum absolute atomic E-state index is 0.190. The predicted octanol–water partition coefficient (Wildman–Crippen LogP) is 1.45. The summed E-state index contributed by atoms with van der Waals surface area (Å²) in [6.07, 6.45) is 0.543. The normalized spacial score (nSPS) is 15.9. The summed E-state index contributed by atoms with van der Waals surface area (Å²) in [6.45, 7) is 4.76. The van der Waals surface area contributed by atoms with Crippen LogP contribution in [0, 0.1) is 25.2 Å². The third-order valence-electron chi connectivity index (χ3n) is 5.02. The van der Waals surface area contributed by atoms with Crippen molar-refractivity contribution in [2.24, 2.45) is 7.05 Å². The van der Waals surface area contributed by atoms with Gasteiger partial charge in [0, 0.05) is 38.8 Å². The summed E-state index contributed by atoms with van der Waals surface area (Å²) in [4.78, 5) is 14.7. The Balaban J connectivity index is 1.79. The lowest BCUT2D eigenvalue weighted by atomic mass is 10.1. The van der Waals surface area contributed by atoms with E-state index in [1.165, 1.54) is 4.31 Å². The van der Waals surface area contributed by atoms with Crippen molar-refractivity contribution in [2.45, 2.75) is 25.2 Å². The molecule has 1 saturated heterocycles. The molecule has 9 heteroatoms. The van der Waals surface area contributed by atoms with Crippen molar-refractivity contribution < 1.29 is 13.2 Å². The summed E-state index contributed by atoms with van der Waals surface area (Å²) in [6, 6.07) is 8.58. The van der Waals surface area contributed by atoms with Gasteiger partial charge in [-0.15, -0.1) is 0 Å². The summed E-state index contributed by atoms with van der Waals surface area (Å²) < 4.78 is 29.3. The van der Waals surface area contributed by atoms with E-state index in [-0.39, 0.29) is 17.3 Å². The molecule has 148 valence electrons. The summed E-state index contributed by atoms with van der Waals surface area (Å²) in [5, 5.41) is 13.2. The third kappa shape index (κ3) is 3.66. The maximum absolute atomic E-state index is 13.2. The predicted molar refractivity (Wildman–Crippen MR) is 103 cm³/mol. The van der Waals surface area contributed by atoms with E-state index in [1.54, 1.807) is 54.7 Å². The van der Waals surface area contributed by atoms with Crippen molar-refractivity contribution in [3.63, 3.8) is 0 Å². The molecule has 0 spiro atoms. The molecule has 2 aromatic rings. The number of carbonyl (C=O) groups is 1. The monoisotopic (exact) mass is 401 g/mol. The number of aryl methyl sites for hydroxylation is 2. The van der Waals surface area contributed by atoms with E-state index < -0.39 is 10.0 Å². The molecule has 1 aliphatic heterocycles. The third-order valence-corrected chi connectivity index (χ3v) is 7.17. The van der Waals surface area contributed by atoms with Gasteiger partial charge >= 0.3 is 0 Å². The molecule has 8 nitrogen and oxygen atoms in total. The number of aromatic nitrogens is 2. The fraction of sp³-hybridized carbons (Fsp3) is 0.421. The average Bonchev–Trinajstić information content (AvgIpc) is 2.85. The van der Waals surface area contributed by atoms with Crippen molar-refractivity contribution in [3.8, 4) is 6.07 Å². The number of nitriles is 1. The Labute approximate surface area is 165 Å². The summed E-state index contributed by atoms with van der Waals surface area (Å²) in [7, 11) is -1.96. The van der Waals surface area contributed by atoms with Gasteiger partial charge < -0.3 is 4.90 Å². The molecular weight excluding hydrogens is 378 g/mol. The Morgan fingerprint density at radius 2 is 1.93 bits per heavy atom. The zero-order valence-corrected chi connectivity index (χ0v) is 17.0. The highest BCUT2D eigenvalue weighted by Crippen LogP contribution is 2.24. The van der Waals surface area contributed by atoms with Crippen molar-refractivity contribution in [1.82, 2.24) is 19.0 Å². The van der Waals surface area contributed by atoms with Crippen molar-refractivity contribution in [2.75, 3.05) is 26.2 Å². The lowest BCUT2D eigenvalue weighted by Gasteiger charge is -2.22. The standard InChI is InChI=1S/C19H23N5O3S/c1-14-18(15(2)22(3)21-14)28(26,27)24-9-5-8-23(10-11-24)19(25)17-7-4-6-16(12-17)13-20/h4,6-7,12H,5,8-11H2,1-3H3. The summed E-state index contributed by atoms with van der Waals surface area (Å²) in [5.41, 5.74) is 1.94. The van der Waals surface area contributed by atoms with Crippen molar-refractivity contribution >= 4 is 15.9 Å². The Hall–Kier alpha value is -2.70. The van der Waals surface area contributed by atoms with Gasteiger partial charge in [-0.2, -0.15) is 14.7 Å². The Morgan fingerprint density at radius 3 is 2.57 bits per heavy atom. The molecule has 1 amide bonds. The molecule has 1 fully saturated rings. The minimum Gasteiger partial charge on any atom is -0.337 e. The number of amides is 1. The number of carbonyl (C=O) groups excluding carboxylic acids is 1. The van der Waals surface area contributed by atoms with Crippen LogP contribution in [0.2, 0.25) is 0 Å². The fourth-order valence-electron chi connectivity index (χ4n) is 3.50. The summed E-state index contributed by atoms with van der Waals surface area (Å²) >= 11 is 0. The smallest absolute Gasteiger partial charge is 0.253 e. The van der Waals surface area contributed by atoms with Crippen molar-refractivity contribution in [1.29, 1.82) is 5.26 Å². The van der Waals surface area contributed by atoms with Crippen molar-refractivity contribution in [3.05, 3.63) is 46.8 Å². The molecule has 0 unspecified atom stereocenters. The largest absolute Gasteiger partial charge is 0.337 e. The van der Waals surface area contributed by atoms with Crippen LogP contribution in [0.1, 0.15) is 33.7 Å². The van der Waals surface area contributed by atoms with E-state index in [9.17, 15) is 13.2 Å². The van der Waals surface area contributed by atoms with Gasteiger partial charge in [-0.1, -0.05) is 6.07 Å². The first-order valence-electron chi connectivity index (χ1n) is 9.05. The van der Waals surface area contributed by atoms with E-state index in [4.69, 9.17) is 5.26 Å². The quantitative estimate of drug-likeness (QED) is 0.775. The number of hydrogen-bond acceptors (Lipinski definition) is 5. The van der Waals surface area contributed by atoms with Gasteiger partial charge in [0.1, 0.15) is 4.90 Å². The second-order valence-electron chi connectivity index (χ2n) is 6.87. The van der Waals surface area contributed by atoms with Crippen LogP contribution in [-0.4, -0.2) is 59.5 Å². The number of hydrogen-bond donors (Lipinski definition) is 0. The zero-order chi connectivity index (χ0) is 20.5. The molecule has 28 heavy (non-hydrogen) atoms. The lowest BCUT2D eigenvalue weighted by Crippen LogP contribution is -2.37. The van der Waals surface area contributed by atoms with Gasteiger partial charge in [0.05, 0.1) is 23.0 Å². The van der Waals surface area contributed by atoms with Crippen LogP contribution in [0.15, 0.2) is 29.2 Å². The Kier molecular flexibility index (Phi) is 5.54. The highest BCUT2D eigenvalue weighted by molar-refractivity contribution is 7.89. The number of sulfonamides is 1. The van der Waals surface area contributed by atoms with Crippen LogP contribution in [0.4, 0.5) is 0 Å². The van der Waals surface area contributed by atoms with E-state index in [0.717, 1.165) is 0 Å².